The maximum atomic E-state index is 12.4. The van der Waals surface area contributed by atoms with Crippen LogP contribution in [0, 0.1) is 0 Å². The maximum absolute atomic E-state index is 12.4. The van der Waals surface area contributed by atoms with Crippen LogP contribution in [-0.2, 0) is 4.74 Å². The van der Waals surface area contributed by atoms with Crippen LogP contribution in [0.1, 0.15) is 0 Å². The Morgan fingerprint density at radius 1 is 1.12 bits per heavy atom. The number of rotatable bonds is 7. The number of nitrogens with one attached hydrogen (secondary N) is 1. The fourth-order valence-corrected chi connectivity index (χ4v) is 3.66. The minimum Gasteiger partial charge on any atom is -0.492 e. The second-order valence-electron chi connectivity index (χ2n) is 7.36. The number of pyridine rings is 1. The molecule has 1 aromatic heterocycles. The lowest BCUT2D eigenvalue weighted by Gasteiger charge is -2.26. The van der Waals surface area contributed by atoms with E-state index in [4.69, 9.17) is 26.8 Å². The normalized spacial score (nSPS) is 14.9. The van der Waals surface area contributed by atoms with Crippen LogP contribution in [0.2, 0.25) is 5.02 Å². The molecule has 11 heteroatoms. The molecular weight excluding hydrogens is 461 g/mol. The maximum Gasteiger partial charge on any atom is 0.573 e. The number of fused-ring (bicyclic) bond motifs is 1. The number of halogens is 4. The Kier molecular flexibility index (Phi) is 6.96. The zero-order valence-electron chi connectivity index (χ0n) is 17.5. The summed E-state index contributed by atoms with van der Waals surface area (Å²) in [4.78, 5) is 6.81. The molecule has 1 aliphatic heterocycles. The molecule has 3 aromatic rings. The second-order valence-corrected chi connectivity index (χ2v) is 7.77. The van der Waals surface area contributed by atoms with Crippen molar-refractivity contribution in [3.63, 3.8) is 0 Å². The predicted octanol–water partition coefficient (Wildman–Crippen LogP) is 4.82. The molecule has 0 atom stereocenters. The topological polar surface area (TPSA) is 81.9 Å². The van der Waals surface area contributed by atoms with E-state index in [1.165, 1.54) is 12.1 Å². The van der Waals surface area contributed by atoms with Crippen molar-refractivity contribution < 1.29 is 27.4 Å². The summed E-state index contributed by atoms with van der Waals surface area (Å²) in [5.41, 5.74) is 6.86. The molecule has 2 heterocycles. The van der Waals surface area contributed by atoms with E-state index in [1.54, 1.807) is 18.2 Å². The summed E-state index contributed by atoms with van der Waals surface area (Å²) in [6.07, 6.45) is -4.79. The highest BCUT2D eigenvalue weighted by Crippen LogP contribution is 2.34. The summed E-state index contributed by atoms with van der Waals surface area (Å²) in [6, 6.07) is 10.7. The molecule has 1 aliphatic rings. The molecule has 3 N–H and O–H groups in total. The van der Waals surface area contributed by atoms with Gasteiger partial charge in [-0.1, -0.05) is 11.6 Å². The molecule has 1 fully saturated rings. The number of benzene rings is 2. The molecule has 0 unspecified atom stereocenters. The first-order valence-electron chi connectivity index (χ1n) is 10.2. The number of nitrogens with two attached hydrogens (primary N) is 1. The summed E-state index contributed by atoms with van der Waals surface area (Å²) in [5, 5.41) is 4.18. The van der Waals surface area contributed by atoms with Crippen molar-refractivity contribution in [3.05, 3.63) is 47.5 Å². The lowest BCUT2D eigenvalue weighted by molar-refractivity contribution is -0.274. The van der Waals surface area contributed by atoms with E-state index in [0.29, 0.717) is 34.4 Å². The second kappa shape index (κ2) is 9.90. The van der Waals surface area contributed by atoms with Crippen LogP contribution in [0.15, 0.2) is 42.5 Å². The monoisotopic (exact) mass is 482 g/mol. The third kappa shape index (κ3) is 6.10. The average Bonchev–Trinajstić information content (AvgIpc) is 2.77. The van der Waals surface area contributed by atoms with Crippen molar-refractivity contribution in [3.8, 4) is 11.5 Å². The van der Waals surface area contributed by atoms with Crippen LogP contribution >= 0.6 is 11.6 Å². The molecule has 176 valence electrons. The number of alkyl halides is 3. The third-order valence-corrected chi connectivity index (χ3v) is 5.36. The molecular formula is C22H22ClF3N4O3. The van der Waals surface area contributed by atoms with Crippen molar-refractivity contribution >= 4 is 39.7 Å². The predicted molar refractivity (Wildman–Crippen MR) is 120 cm³/mol. The highest BCUT2D eigenvalue weighted by atomic mass is 35.5. The summed E-state index contributed by atoms with van der Waals surface area (Å²) in [5.74, 6) is 0.680. The SMILES string of the molecule is Nc1cc(OC(F)(F)F)ccc1Nc1ccc2c(OCCN3CCOCC3)ccc(Cl)c2n1. The quantitative estimate of drug-likeness (QED) is 0.467. The summed E-state index contributed by atoms with van der Waals surface area (Å²) in [7, 11) is 0. The van der Waals surface area contributed by atoms with E-state index in [0.717, 1.165) is 44.3 Å². The average molecular weight is 483 g/mol. The van der Waals surface area contributed by atoms with Gasteiger partial charge >= 0.3 is 6.36 Å². The van der Waals surface area contributed by atoms with Gasteiger partial charge in [-0.05, 0) is 36.4 Å². The Morgan fingerprint density at radius 2 is 1.91 bits per heavy atom. The fourth-order valence-electron chi connectivity index (χ4n) is 3.45. The van der Waals surface area contributed by atoms with Crippen LogP contribution in [0.3, 0.4) is 0 Å². The Hall–Kier alpha value is -2.95. The lowest BCUT2D eigenvalue weighted by Crippen LogP contribution is -2.38. The largest absolute Gasteiger partial charge is 0.573 e. The molecule has 1 saturated heterocycles. The number of hydrogen-bond donors (Lipinski definition) is 2. The fraction of sp³-hybridized carbons (Fsp3) is 0.318. The van der Waals surface area contributed by atoms with Gasteiger partial charge in [0.15, 0.2) is 0 Å². The molecule has 0 amide bonds. The number of anilines is 3. The molecule has 0 spiro atoms. The highest BCUT2D eigenvalue weighted by Gasteiger charge is 2.31. The highest BCUT2D eigenvalue weighted by molar-refractivity contribution is 6.35. The molecule has 2 aromatic carbocycles. The van der Waals surface area contributed by atoms with Crippen molar-refractivity contribution in [1.29, 1.82) is 0 Å². The van der Waals surface area contributed by atoms with E-state index in [1.807, 2.05) is 6.07 Å². The lowest BCUT2D eigenvalue weighted by atomic mass is 10.2. The number of morpholine rings is 1. The van der Waals surface area contributed by atoms with Crippen LogP contribution in [-0.4, -0.2) is 55.7 Å². The van der Waals surface area contributed by atoms with Crippen molar-refractivity contribution in [1.82, 2.24) is 9.88 Å². The standard InChI is InChI=1S/C22H22ClF3N4O3/c23-16-3-5-19(32-12-9-30-7-10-31-11-8-30)15-2-6-20(29-21(15)16)28-18-4-1-14(13-17(18)27)33-22(24,25)26/h1-6,13H,7-12,27H2,(H,28,29). The van der Waals surface area contributed by atoms with Gasteiger partial charge in [0.2, 0.25) is 0 Å². The first-order chi connectivity index (χ1) is 15.8. The van der Waals surface area contributed by atoms with Gasteiger partial charge < -0.3 is 25.3 Å². The molecule has 33 heavy (non-hydrogen) atoms. The Balaban J connectivity index is 1.48. The van der Waals surface area contributed by atoms with Crippen LogP contribution in [0.5, 0.6) is 11.5 Å². The van der Waals surface area contributed by atoms with Crippen LogP contribution in [0.25, 0.3) is 10.9 Å². The first-order valence-corrected chi connectivity index (χ1v) is 10.6. The molecule has 0 radical (unpaired) electrons. The third-order valence-electron chi connectivity index (χ3n) is 5.06. The minimum absolute atomic E-state index is 0.0740. The smallest absolute Gasteiger partial charge is 0.492 e. The first kappa shape index (κ1) is 23.2. The van der Waals surface area contributed by atoms with Gasteiger partial charge in [-0.15, -0.1) is 13.2 Å². The number of ether oxygens (including phenoxy) is 3. The van der Waals surface area contributed by atoms with Gasteiger partial charge in [-0.2, -0.15) is 0 Å². The zero-order valence-corrected chi connectivity index (χ0v) is 18.2. The summed E-state index contributed by atoms with van der Waals surface area (Å²) in [6.45, 7) is 4.52. The Bertz CT molecular complexity index is 1120. The van der Waals surface area contributed by atoms with Gasteiger partial charge in [0.1, 0.15) is 23.9 Å². The van der Waals surface area contributed by atoms with Crippen molar-refractivity contribution in [2.45, 2.75) is 6.36 Å². The minimum atomic E-state index is -4.79. The molecule has 4 rings (SSSR count). The number of nitrogen functional groups attached to an aromatic ring is 1. The van der Waals surface area contributed by atoms with Gasteiger partial charge in [0.25, 0.3) is 0 Å². The summed E-state index contributed by atoms with van der Waals surface area (Å²) < 4.78 is 52.4. The van der Waals surface area contributed by atoms with Gasteiger partial charge in [0, 0.05) is 31.1 Å². The van der Waals surface area contributed by atoms with Crippen LogP contribution in [0.4, 0.5) is 30.4 Å². The zero-order chi connectivity index (χ0) is 23.4. The van der Waals surface area contributed by atoms with E-state index < -0.39 is 12.1 Å². The van der Waals surface area contributed by atoms with E-state index in [9.17, 15) is 13.2 Å². The number of hydrogen-bond acceptors (Lipinski definition) is 7. The van der Waals surface area contributed by atoms with E-state index in [2.05, 4.69) is 19.9 Å². The van der Waals surface area contributed by atoms with Gasteiger partial charge in [-0.3, -0.25) is 4.90 Å². The molecule has 0 aliphatic carbocycles. The van der Waals surface area contributed by atoms with E-state index in [-0.39, 0.29) is 5.69 Å². The molecule has 0 saturated carbocycles. The van der Waals surface area contributed by atoms with Gasteiger partial charge in [-0.25, -0.2) is 4.98 Å². The summed E-state index contributed by atoms with van der Waals surface area (Å²) >= 11 is 6.36. The van der Waals surface area contributed by atoms with Gasteiger partial charge in [0.05, 0.1) is 35.1 Å². The number of nitrogens with zero attached hydrogens (tertiary/aromatic N) is 2. The number of aromatic nitrogens is 1. The van der Waals surface area contributed by atoms with Crippen molar-refractivity contribution in [2.75, 3.05) is 50.5 Å². The molecule has 7 nitrogen and oxygen atoms in total. The molecule has 0 bridgehead atoms. The Morgan fingerprint density at radius 3 is 2.64 bits per heavy atom. The van der Waals surface area contributed by atoms with E-state index >= 15 is 0 Å². The van der Waals surface area contributed by atoms with Crippen molar-refractivity contribution in [2.24, 2.45) is 0 Å². The Labute approximate surface area is 193 Å². The van der Waals surface area contributed by atoms with Crippen LogP contribution < -0.4 is 20.5 Å².